The number of ether oxygens (including phenoxy) is 1. The van der Waals surface area contributed by atoms with E-state index < -0.39 is 18.1 Å². The number of rotatable bonds is 7. The van der Waals surface area contributed by atoms with Crippen molar-refractivity contribution in [3.05, 3.63) is 120 Å². The summed E-state index contributed by atoms with van der Waals surface area (Å²) < 4.78 is 5.65. The normalized spacial score (nSPS) is 12.9. The van der Waals surface area contributed by atoms with Crippen molar-refractivity contribution in [3.8, 4) is 22.3 Å². The molecule has 174 valence electrons. The van der Waals surface area contributed by atoms with E-state index in [1.54, 1.807) is 0 Å². The summed E-state index contributed by atoms with van der Waals surface area (Å²) in [5, 5.41) is 12.2. The molecule has 1 atom stereocenters. The number of carboxylic acid groups (broad SMARTS) is 1. The molecule has 4 aromatic carbocycles. The highest BCUT2D eigenvalue weighted by atomic mass is 16.5. The van der Waals surface area contributed by atoms with Crippen molar-refractivity contribution < 1.29 is 19.4 Å². The van der Waals surface area contributed by atoms with Crippen LogP contribution in [0.5, 0.6) is 0 Å². The van der Waals surface area contributed by atoms with Crippen molar-refractivity contribution >= 4 is 12.1 Å². The second kappa shape index (κ2) is 9.85. The molecule has 5 rings (SSSR count). The number of nitrogens with one attached hydrogen (secondary N) is 1. The summed E-state index contributed by atoms with van der Waals surface area (Å²) in [6, 6.07) is 32.9. The van der Waals surface area contributed by atoms with E-state index in [1.165, 1.54) is 0 Å². The zero-order valence-electron chi connectivity index (χ0n) is 19.1. The number of fused-ring (bicyclic) bond motifs is 3. The third kappa shape index (κ3) is 4.80. The highest BCUT2D eigenvalue weighted by molar-refractivity contribution is 5.79. The zero-order chi connectivity index (χ0) is 24.2. The van der Waals surface area contributed by atoms with Crippen LogP contribution in [0.25, 0.3) is 22.3 Å². The number of hydrogen-bond acceptors (Lipinski definition) is 3. The largest absolute Gasteiger partial charge is 0.481 e. The minimum atomic E-state index is -1.00. The molecule has 2 N–H and O–H groups in total. The first-order valence-electron chi connectivity index (χ1n) is 11.6. The third-order valence-corrected chi connectivity index (χ3v) is 6.41. The highest BCUT2D eigenvalue weighted by Gasteiger charge is 2.29. The first-order chi connectivity index (χ1) is 17.1. The smallest absolute Gasteiger partial charge is 0.407 e. The maximum Gasteiger partial charge on any atom is 0.407 e. The SMILES string of the molecule is O=C(O)CC(NC(=O)OCC1c2ccccc2-c2ccccc21)c1cccc(-c2ccccc2)c1. The molecule has 5 nitrogen and oxygen atoms in total. The molecule has 0 aliphatic heterocycles. The number of carbonyl (C=O) groups is 2. The van der Waals surface area contributed by atoms with Crippen LogP contribution in [-0.2, 0) is 9.53 Å². The van der Waals surface area contributed by atoms with Gasteiger partial charge in [0.05, 0.1) is 12.5 Å². The Hall–Kier alpha value is -4.38. The number of amides is 1. The molecule has 1 aliphatic carbocycles. The minimum absolute atomic E-state index is 0.0625. The number of carbonyl (C=O) groups excluding carboxylic acids is 1. The number of hydrogen-bond donors (Lipinski definition) is 2. The molecule has 0 fully saturated rings. The van der Waals surface area contributed by atoms with Crippen LogP contribution >= 0.6 is 0 Å². The fourth-order valence-corrected chi connectivity index (χ4v) is 4.77. The molecule has 4 aromatic rings. The van der Waals surface area contributed by atoms with Crippen molar-refractivity contribution in [2.24, 2.45) is 0 Å². The van der Waals surface area contributed by atoms with Crippen LogP contribution in [0, 0.1) is 0 Å². The van der Waals surface area contributed by atoms with Crippen molar-refractivity contribution in [1.29, 1.82) is 0 Å². The third-order valence-electron chi connectivity index (χ3n) is 6.41. The highest BCUT2D eigenvalue weighted by Crippen LogP contribution is 2.44. The van der Waals surface area contributed by atoms with E-state index in [2.05, 4.69) is 29.6 Å². The molecular formula is C30H25NO4. The molecule has 0 saturated carbocycles. The molecule has 5 heteroatoms. The lowest BCUT2D eigenvalue weighted by Gasteiger charge is -2.20. The standard InChI is InChI=1S/C30H25NO4/c32-29(33)18-28(22-12-8-11-21(17-22)20-9-2-1-3-10-20)31-30(34)35-19-27-25-15-6-4-13-23(25)24-14-5-7-16-26(24)27/h1-17,27-28H,18-19H2,(H,31,34)(H,32,33). The van der Waals surface area contributed by atoms with Crippen molar-refractivity contribution in [1.82, 2.24) is 5.32 Å². The van der Waals surface area contributed by atoms with E-state index in [0.717, 1.165) is 33.4 Å². The van der Waals surface area contributed by atoms with Gasteiger partial charge in [0.15, 0.2) is 0 Å². The first-order valence-corrected chi connectivity index (χ1v) is 11.6. The Kier molecular flexibility index (Phi) is 6.31. The molecule has 0 heterocycles. The second-order valence-electron chi connectivity index (χ2n) is 8.61. The van der Waals surface area contributed by atoms with E-state index in [4.69, 9.17) is 4.74 Å². The number of aliphatic carboxylic acids is 1. The monoisotopic (exact) mass is 463 g/mol. The van der Waals surface area contributed by atoms with Crippen LogP contribution in [0.1, 0.15) is 35.1 Å². The van der Waals surface area contributed by atoms with Crippen LogP contribution in [0.15, 0.2) is 103 Å². The minimum Gasteiger partial charge on any atom is -0.481 e. The number of benzene rings is 4. The Morgan fingerprint density at radius 3 is 2.03 bits per heavy atom. The van der Waals surface area contributed by atoms with Gasteiger partial charge in [-0.25, -0.2) is 4.79 Å². The lowest BCUT2D eigenvalue weighted by molar-refractivity contribution is -0.137. The van der Waals surface area contributed by atoms with Crippen LogP contribution in [0.3, 0.4) is 0 Å². The Morgan fingerprint density at radius 1 is 0.771 bits per heavy atom. The second-order valence-corrected chi connectivity index (χ2v) is 8.61. The maximum absolute atomic E-state index is 12.8. The van der Waals surface area contributed by atoms with Crippen molar-refractivity contribution in [3.63, 3.8) is 0 Å². The average Bonchev–Trinajstić information content (AvgIpc) is 3.21. The van der Waals surface area contributed by atoms with Gasteiger partial charge in [0.25, 0.3) is 0 Å². The van der Waals surface area contributed by atoms with Gasteiger partial charge < -0.3 is 15.2 Å². The fraction of sp³-hybridized carbons (Fsp3) is 0.133. The average molecular weight is 464 g/mol. The summed E-state index contributed by atoms with van der Waals surface area (Å²) >= 11 is 0. The van der Waals surface area contributed by atoms with Gasteiger partial charge in [-0.1, -0.05) is 97.1 Å². The van der Waals surface area contributed by atoms with Crippen LogP contribution in [0.4, 0.5) is 4.79 Å². The quantitative estimate of drug-likeness (QED) is 0.332. The summed E-state index contributed by atoms with van der Waals surface area (Å²) in [6.45, 7) is 0.170. The molecule has 1 unspecified atom stereocenters. The van der Waals surface area contributed by atoms with Crippen LogP contribution in [-0.4, -0.2) is 23.8 Å². The lowest BCUT2D eigenvalue weighted by atomic mass is 9.98. The van der Waals surface area contributed by atoms with Gasteiger partial charge in [-0.05, 0) is 45.0 Å². The van der Waals surface area contributed by atoms with Gasteiger partial charge in [-0.15, -0.1) is 0 Å². The van der Waals surface area contributed by atoms with Crippen LogP contribution < -0.4 is 5.32 Å². The van der Waals surface area contributed by atoms with Crippen molar-refractivity contribution in [2.75, 3.05) is 6.61 Å². The summed E-state index contributed by atoms with van der Waals surface area (Å²) in [7, 11) is 0. The Morgan fingerprint density at radius 2 is 1.37 bits per heavy atom. The Bertz CT molecular complexity index is 1320. The molecule has 0 spiro atoms. The molecule has 1 aliphatic rings. The predicted octanol–water partition coefficient (Wildman–Crippen LogP) is 6.41. The van der Waals surface area contributed by atoms with Gasteiger partial charge in [-0.2, -0.15) is 0 Å². The van der Waals surface area contributed by atoms with E-state index in [-0.39, 0.29) is 18.9 Å². The van der Waals surface area contributed by atoms with E-state index in [9.17, 15) is 14.7 Å². The Labute approximate surface area is 204 Å². The topological polar surface area (TPSA) is 75.6 Å². The molecule has 0 bridgehead atoms. The summed E-state index contributed by atoms with van der Waals surface area (Å²) in [5.41, 5.74) is 7.23. The molecule has 1 amide bonds. The van der Waals surface area contributed by atoms with Crippen molar-refractivity contribution in [2.45, 2.75) is 18.4 Å². The molecule has 0 aromatic heterocycles. The van der Waals surface area contributed by atoms with Gasteiger partial charge in [0, 0.05) is 5.92 Å². The van der Waals surface area contributed by atoms with Gasteiger partial charge in [0.1, 0.15) is 6.61 Å². The maximum atomic E-state index is 12.8. The zero-order valence-corrected chi connectivity index (χ0v) is 19.1. The van der Waals surface area contributed by atoms with Gasteiger partial charge in [0.2, 0.25) is 0 Å². The summed E-state index contributed by atoms with van der Waals surface area (Å²) in [6.07, 6.45) is -0.883. The van der Waals surface area contributed by atoms with Gasteiger partial charge in [-0.3, -0.25) is 4.79 Å². The van der Waals surface area contributed by atoms with Crippen LogP contribution in [0.2, 0.25) is 0 Å². The molecule has 0 saturated heterocycles. The Balaban J connectivity index is 1.32. The number of carboxylic acids is 1. The van der Waals surface area contributed by atoms with E-state index in [0.29, 0.717) is 5.56 Å². The van der Waals surface area contributed by atoms with Gasteiger partial charge >= 0.3 is 12.1 Å². The summed E-state index contributed by atoms with van der Waals surface area (Å²) in [4.78, 5) is 24.4. The molecular weight excluding hydrogens is 438 g/mol. The first kappa shape index (κ1) is 22.4. The molecule has 0 radical (unpaired) electrons. The van der Waals surface area contributed by atoms with E-state index >= 15 is 0 Å². The number of alkyl carbamates (subject to hydrolysis) is 1. The fourth-order valence-electron chi connectivity index (χ4n) is 4.77. The summed E-state index contributed by atoms with van der Waals surface area (Å²) in [5.74, 6) is -1.06. The predicted molar refractivity (Wildman–Crippen MR) is 135 cm³/mol. The van der Waals surface area contributed by atoms with E-state index in [1.807, 2.05) is 78.9 Å². The lowest BCUT2D eigenvalue weighted by Crippen LogP contribution is -2.31. The molecule has 35 heavy (non-hydrogen) atoms.